The van der Waals surface area contributed by atoms with Crippen molar-refractivity contribution in [2.24, 2.45) is 5.92 Å². The molecule has 94 valence electrons. The molecule has 1 aliphatic heterocycles. The van der Waals surface area contributed by atoms with Gasteiger partial charge in [-0.15, -0.1) is 0 Å². The Morgan fingerprint density at radius 1 is 1.24 bits per heavy atom. The molecule has 0 amide bonds. The molecule has 2 N–H and O–H groups in total. The molecule has 0 radical (unpaired) electrons. The molecule has 0 saturated carbocycles. The summed E-state index contributed by atoms with van der Waals surface area (Å²) in [5.74, 6) is 0.845. The Morgan fingerprint density at radius 3 is 2.24 bits per heavy atom. The van der Waals surface area contributed by atoms with Crippen LogP contribution < -0.4 is 10.6 Å². The maximum atomic E-state index is 6.23. The Kier molecular flexibility index (Phi) is 4.05. The lowest BCUT2D eigenvalue weighted by molar-refractivity contribution is 0.395. The van der Waals surface area contributed by atoms with Crippen LogP contribution >= 0.6 is 23.2 Å². The summed E-state index contributed by atoms with van der Waals surface area (Å²) in [6.45, 7) is 4.31. The summed E-state index contributed by atoms with van der Waals surface area (Å²) < 4.78 is 0. The van der Waals surface area contributed by atoms with Crippen LogP contribution in [-0.4, -0.2) is 13.1 Å². The standard InChI is InChI=1S/C13H18Cl2N2/c1-2-9-3-5-17(6-4-9)13-11(14)7-10(16)8-12(13)15/h7-9H,2-6,16H2,1H3. The normalized spacial score (nSPS) is 17.5. The van der Waals surface area contributed by atoms with E-state index in [1.807, 2.05) is 0 Å². The van der Waals surface area contributed by atoms with E-state index in [1.165, 1.54) is 19.3 Å². The highest BCUT2D eigenvalue weighted by molar-refractivity contribution is 6.39. The summed E-state index contributed by atoms with van der Waals surface area (Å²) in [4.78, 5) is 2.27. The molecular weight excluding hydrogens is 255 g/mol. The van der Waals surface area contributed by atoms with Gasteiger partial charge in [0.15, 0.2) is 0 Å². The van der Waals surface area contributed by atoms with E-state index < -0.39 is 0 Å². The first-order valence-electron chi connectivity index (χ1n) is 6.11. The predicted molar refractivity (Wildman–Crippen MR) is 76.1 cm³/mol. The monoisotopic (exact) mass is 272 g/mol. The van der Waals surface area contributed by atoms with Crippen LogP contribution in [0.15, 0.2) is 12.1 Å². The van der Waals surface area contributed by atoms with E-state index in [1.54, 1.807) is 12.1 Å². The molecule has 0 bridgehead atoms. The largest absolute Gasteiger partial charge is 0.399 e. The number of halogens is 2. The number of hydrogen-bond acceptors (Lipinski definition) is 2. The van der Waals surface area contributed by atoms with Gasteiger partial charge < -0.3 is 10.6 Å². The summed E-state index contributed by atoms with van der Waals surface area (Å²) >= 11 is 12.5. The first kappa shape index (κ1) is 12.8. The Labute approximate surface area is 113 Å². The molecule has 1 aromatic rings. The molecule has 1 aromatic carbocycles. The van der Waals surface area contributed by atoms with Crippen molar-refractivity contribution in [3.05, 3.63) is 22.2 Å². The Balaban J connectivity index is 2.18. The van der Waals surface area contributed by atoms with Crippen molar-refractivity contribution >= 4 is 34.6 Å². The number of nitrogen functional groups attached to an aromatic ring is 1. The van der Waals surface area contributed by atoms with Gasteiger partial charge in [-0.25, -0.2) is 0 Å². The number of nitrogens with zero attached hydrogens (tertiary/aromatic N) is 1. The lowest BCUT2D eigenvalue weighted by Crippen LogP contribution is -2.33. The number of nitrogens with two attached hydrogens (primary N) is 1. The smallest absolute Gasteiger partial charge is 0.0746 e. The fourth-order valence-corrected chi connectivity index (χ4v) is 3.20. The van der Waals surface area contributed by atoms with E-state index in [4.69, 9.17) is 28.9 Å². The highest BCUT2D eigenvalue weighted by Gasteiger charge is 2.21. The summed E-state index contributed by atoms with van der Waals surface area (Å²) in [5.41, 5.74) is 7.27. The van der Waals surface area contributed by atoms with Gasteiger partial charge in [0.1, 0.15) is 0 Å². The van der Waals surface area contributed by atoms with Crippen molar-refractivity contribution in [1.29, 1.82) is 0 Å². The summed E-state index contributed by atoms with van der Waals surface area (Å²) in [6, 6.07) is 3.54. The van der Waals surface area contributed by atoms with Gasteiger partial charge in [0.2, 0.25) is 0 Å². The summed E-state index contributed by atoms with van der Waals surface area (Å²) in [5, 5.41) is 1.31. The first-order chi connectivity index (χ1) is 8.11. The molecule has 1 heterocycles. The van der Waals surface area contributed by atoms with Gasteiger partial charge in [0.05, 0.1) is 15.7 Å². The van der Waals surface area contributed by atoms with Crippen molar-refractivity contribution < 1.29 is 0 Å². The topological polar surface area (TPSA) is 29.3 Å². The molecule has 4 heteroatoms. The van der Waals surface area contributed by atoms with Crippen LogP contribution in [0.25, 0.3) is 0 Å². The molecule has 0 spiro atoms. The number of anilines is 2. The van der Waals surface area contributed by atoms with Crippen LogP contribution in [-0.2, 0) is 0 Å². The zero-order valence-corrected chi connectivity index (χ0v) is 11.6. The molecule has 1 fully saturated rings. The third-order valence-corrected chi connectivity index (χ3v) is 4.12. The number of hydrogen-bond donors (Lipinski definition) is 1. The van der Waals surface area contributed by atoms with Crippen molar-refractivity contribution in [2.45, 2.75) is 26.2 Å². The molecule has 0 aliphatic carbocycles. The number of benzene rings is 1. The minimum Gasteiger partial charge on any atom is -0.399 e. The van der Waals surface area contributed by atoms with Gasteiger partial charge in [0.25, 0.3) is 0 Å². The van der Waals surface area contributed by atoms with Crippen molar-refractivity contribution in [3.8, 4) is 0 Å². The van der Waals surface area contributed by atoms with Gasteiger partial charge in [-0.1, -0.05) is 36.5 Å². The van der Waals surface area contributed by atoms with E-state index >= 15 is 0 Å². The molecule has 17 heavy (non-hydrogen) atoms. The van der Waals surface area contributed by atoms with Crippen LogP contribution in [0.2, 0.25) is 10.0 Å². The average Bonchev–Trinajstić information content (AvgIpc) is 2.28. The van der Waals surface area contributed by atoms with Crippen molar-refractivity contribution in [1.82, 2.24) is 0 Å². The van der Waals surface area contributed by atoms with Gasteiger partial charge in [0, 0.05) is 18.8 Å². The Bertz CT molecular complexity index is 375. The van der Waals surface area contributed by atoms with E-state index in [2.05, 4.69) is 11.8 Å². The molecule has 0 aromatic heterocycles. The predicted octanol–water partition coefficient (Wildman–Crippen LogP) is 4.20. The van der Waals surface area contributed by atoms with Gasteiger partial charge in [-0.2, -0.15) is 0 Å². The molecular formula is C13H18Cl2N2. The van der Waals surface area contributed by atoms with Crippen LogP contribution in [0.1, 0.15) is 26.2 Å². The van der Waals surface area contributed by atoms with Crippen LogP contribution in [0, 0.1) is 5.92 Å². The third-order valence-electron chi connectivity index (χ3n) is 3.55. The van der Waals surface area contributed by atoms with Gasteiger partial charge in [-0.3, -0.25) is 0 Å². The average molecular weight is 273 g/mol. The highest BCUT2D eigenvalue weighted by Crippen LogP contribution is 2.38. The highest BCUT2D eigenvalue weighted by atomic mass is 35.5. The minimum atomic E-state index is 0.618. The lowest BCUT2D eigenvalue weighted by atomic mass is 9.94. The Morgan fingerprint density at radius 2 is 1.76 bits per heavy atom. The van der Waals surface area contributed by atoms with E-state index in [0.29, 0.717) is 15.7 Å². The molecule has 0 atom stereocenters. The van der Waals surface area contributed by atoms with Gasteiger partial charge >= 0.3 is 0 Å². The zero-order valence-electron chi connectivity index (χ0n) is 10.0. The quantitative estimate of drug-likeness (QED) is 0.818. The molecule has 2 rings (SSSR count). The number of piperidine rings is 1. The Hall–Kier alpha value is -0.600. The second kappa shape index (κ2) is 5.36. The molecule has 1 aliphatic rings. The van der Waals surface area contributed by atoms with E-state index in [9.17, 15) is 0 Å². The zero-order chi connectivity index (χ0) is 12.4. The summed E-state index contributed by atoms with van der Waals surface area (Å²) in [7, 11) is 0. The van der Waals surface area contributed by atoms with Crippen LogP contribution in [0.3, 0.4) is 0 Å². The fraction of sp³-hybridized carbons (Fsp3) is 0.538. The molecule has 2 nitrogen and oxygen atoms in total. The lowest BCUT2D eigenvalue weighted by Gasteiger charge is -2.34. The maximum Gasteiger partial charge on any atom is 0.0746 e. The first-order valence-corrected chi connectivity index (χ1v) is 6.87. The fourth-order valence-electron chi connectivity index (χ4n) is 2.45. The second-order valence-electron chi connectivity index (χ2n) is 4.67. The SMILES string of the molecule is CCC1CCN(c2c(Cl)cc(N)cc2Cl)CC1. The third kappa shape index (κ3) is 2.80. The summed E-state index contributed by atoms with van der Waals surface area (Å²) in [6.07, 6.45) is 3.69. The second-order valence-corrected chi connectivity index (χ2v) is 5.49. The van der Waals surface area contributed by atoms with Crippen molar-refractivity contribution in [2.75, 3.05) is 23.7 Å². The van der Waals surface area contributed by atoms with Gasteiger partial charge in [-0.05, 0) is 30.9 Å². The van der Waals surface area contributed by atoms with Crippen LogP contribution in [0.5, 0.6) is 0 Å². The molecule has 1 saturated heterocycles. The number of rotatable bonds is 2. The molecule has 0 unspecified atom stereocenters. The van der Waals surface area contributed by atoms with Crippen LogP contribution in [0.4, 0.5) is 11.4 Å². The van der Waals surface area contributed by atoms with Crippen molar-refractivity contribution in [3.63, 3.8) is 0 Å². The minimum absolute atomic E-state index is 0.618. The van der Waals surface area contributed by atoms with E-state index in [0.717, 1.165) is 24.7 Å². The maximum absolute atomic E-state index is 6.23. The van der Waals surface area contributed by atoms with E-state index in [-0.39, 0.29) is 0 Å².